The third-order valence-electron chi connectivity index (χ3n) is 4.51. The number of nitrogens with zero attached hydrogens (tertiary/aromatic N) is 1. The summed E-state index contributed by atoms with van der Waals surface area (Å²) in [7, 11) is 0. The third-order valence-corrected chi connectivity index (χ3v) is 4.51. The highest BCUT2D eigenvalue weighted by molar-refractivity contribution is 4.91. The number of hydrogen-bond acceptors (Lipinski definition) is 4. The van der Waals surface area contributed by atoms with Crippen LogP contribution in [0.15, 0.2) is 0 Å². The van der Waals surface area contributed by atoms with Crippen molar-refractivity contribution in [1.29, 1.82) is 0 Å². The standard InChI is InChI=1S/C14H30N2O2/c1-4-14(10-17,11-18)15-12(3)13-7-6-8-16(5-2)9-13/h12-13,15,17-18H,4-11H2,1-3H3. The van der Waals surface area contributed by atoms with Gasteiger partial charge in [-0.2, -0.15) is 0 Å². The molecule has 18 heavy (non-hydrogen) atoms. The van der Waals surface area contributed by atoms with Crippen molar-refractivity contribution < 1.29 is 10.2 Å². The molecule has 4 heteroatoms. The molecular formula is C14H30N2O2. The maximum Gasteiger partial charge on any atom is 0.0647 e. The average molecular weight is 258 g/mol. The summed E-state index contributed by atoms with van der Waals surface area (Å²) in [6, 6.07) is 0.332. The van der Waals surface area contributed by atoms with E-state index in [1.165, 1.54) is 19.4 Å². The van der Waals surface area contributed by atoms with Crippen LogP contribution < -0.4 is 5.32 Å². The van der Waals surface area contributed by atoms with Crippen LogP contribution in [0.25, 0.3) is 0 Å². The van der Waals surface area contributed by atoms with Crippen LogP contribution in [0.5, 0.6) is 0 Å². The summed E-state index contributed by atoms with van der Waals surface area (Å²) in [6.45, 7) is 9.83. The van der Waals surface area contributed by atoms with Gasteiger partial charge < -0.3 is 20.4 Å². The minimum absolute atomic E-state index is 0.00540. The second-order valence-electron chi connectivity index (χ2n) is 5.68. The fourth-order valence-corrected chi connectivity index (χ4v) is 2.85. The molecule has 4 nitrogen and oxygen atoms in total. The van der Waals surface area contributed by atoms with Crippen LogP contribution in [0.2, 0.25) is 0 Å². The van der Waals surface area contributed by atoms with Crippen molar-refractivity contribution in [2.24, 2.45) is 5.92 Å². The van der Waals surface area contributed by atoms with E-state index in [1.807, 2.05) is 6.92 Å². The zero-order valence-electron chi connectivity index (χ0n) is 12.2. The van der Waals surface area contributed by atoms with Gasteiger partial charge in [0.05, 0.1) is 18.8 Å². The minimum atomic E-state index is -0.520. The largest absolute Gasteiger partial charge is 0.394 e. The molecule has 0 aromatic carbocycles. The number of nitrogens with one attached hydrogen (secondary N) is 1. The summed E-state index contributed by atoms with van der Waals surface area (Å²) in [5.41, 5.74) is -0.520. The topological polar surface area (TPSA) is 55.7 Å². The lowest BCUT2D eigenvalue weighted by atomic mass is 9.88. The number of aliphatic hydroxyl groups is 2. The second kappa shape index (κ2) is 7.43. The van der Waals surface area contributed by atoms with Gasteiger partial charge in [0.1, 0.15) is 0 Å². The van der Waals surface area contributed by atoms with E-state index in [-0.39, 0.29) is 13.2 Å². The summed E-state index contributed by atoms with van der Waals surface area (Å²) >= 11 is 0. The average Bonchev–Trinajstić information content (AvgIpc) is 2.44. The fourth-order valence-electron chi connectivity index (χ4n) is 2.85. The van der Waals surface area contributed by atoms with Gasteiger partial charge in [-0.15, -0.1) is 0 Å². The molecule has 0 amide bonds. The molecule has 0 radical (unpaired) electrons. The summed E-state index contributed by atoms with van der Waals surface area (Å²) in [5.74, 6) is 0.614. The van der Waals surface area contributed by atoms with E-state index in [0.29, 0.717) is 12.0 Å². The van der Waals surface area contributed by atoms with Gasteiger partial charge in [0, 0.05) is 12.6 Å². The highest BCUT2D eigenvalue weighted by atomic mass is 16.3. The van der Waals surface area contributed by atoms with Crippen LogP contribution in [0.3, 0.4) is 0 Å². The quantitative estimate of drug-likeness (QED) is 0.633. The SMILES string of the molecule is CCN1CCCC(C(C)NC(CC)(CO)CO)C1. The molecule has 3 N–H and O–H groups in total. The monoisotopic (exact) mass is 258 g/mol. The first kappa shape index (κ1) is 15.9. The Kier molecular flexibility index (Phi) is 6.57. The number of hydrogen-bond donors (Lipinski definition) is 3. The molecule has 1 rings (SSSR count). The summed E-state index contributed by atoms with van der Waals surface area (Å²) in [5, 5.41) is 22.4. The predicted molar refractivity (Wildman–Crippen MR) is 74.6 cm³/mol. The molecule has 1 saturated heterocycles. The van der Waals surface area contributed by atoms with E-state index in [0.717, 1.165) is 19.5 Å². The lowest BCUT2D eigenvalue weighted by Gasteiger charge is -2.40. The van der Waals surface area contributed by atoms with Gasteiger partial charge in [-0.3, -0.25) is 0 Å². The molecule has 0 aromatic rings. The zero-order valence-corrected chi connectivity index (χ0v) is 12.2. The molecule has 1 aliphatic heterocycles. The molecule has 0 spiro atoms. The van der Waals surface area contributed by atoms with Gasteiger partial charge in [-0.25, -0.2) is 0 Å². The molecule has 1 fully saturated rings. The first-order valence-corrected chi connectivity index (χ1v) is 7.32. The first-order chi connectivity index (χ1) is 8.60. The summed E-state index contributed by atoms with van der Waals surface area (Å²) in [4.78, 5) is 2.48. The van der Waals surface area contributed by atoms with E-state index < -0.39 is 5.54 Å². The van der Waals surface area contributed by atoms with E-state index >= 15 is 0 Å². The van der Waals surface area contributed by atoms with Crippen LogP contribution in [-0.4, -0.2) is 59.5 Å². The maximum absolute atomic E-state index is 9.49. The smallest absolute Gasteiger partial charge is 0.0647 e. The third kappa shape index (κ3) is 3.92. The van der Waals surface area contributed by atoms with Gasteiger partial charge in [-0.05, 0) is 45.2 Å². The molecule has 1 heterocycles. The van der Waals surface area contributed by atoms with E-state index in [4.69, 9.17) is 0 Å². The molecule has 0 bridgehead atoms. The Balaban J connectivity index is 2.55. The Bertz CT molecular complexity index is 224. The molecule has 0 aliphatic carbocycles. The van der Waals surface area contributed by atoms with Crippen LogP contribution in [-0.2, 0) is 0 Å². The second-order valence-corrected chi connectivity index (χ2v) is 5.68. The van der Waals surface area contributed by atoms with Crippen molar-refractivity contribution in [2.75, 3.05) is 32.8 Å². The zero-order chi connectivity index (χ0) is 13.6. The van der Waals surface area contributed by atoms with E-state index in [1.54, 1.807) is 0 Å². The normalized spacial score (nSPS) is 24.2. The van der Waals surface area contributed by atoms with Gasteiger partial charge in [-0.1, -0.05) is 13.8 Å². The molecule has 2 unspecified atom stereocenters. The summed E-state index contributed by atoms with van der Waals surface area (Å²) < 4.78 is 0. The molecule has 0 aromatic heterocycles. The maximum atomic E-state index is 9.49. The van der Waals surface area contributed by atoms with Gasteiger partial charge in [0.2, 0.25) is 0 Å². The van der Waals surface area contributed by atoms with Crippen molar-refractivity contribution in [3.8, 4) is 0 Å². The van der Waals surface area contributed by atoms with Crippen LogP contribution in [0, 0.1) is 5.92 Å². The predicted octanol–water partition coefficient (Wildman–Crippen LogP) is 0.830. The Labute approximate surface area is 111 Å². The number of likely N-dealkylation sites (tertiary alicyclic amines) is 1. The van der Waals surface area contributed by atoms with Gasteiger partial charge >= 0.3 is 0 Å². The Hall–Kier alpha value is -0.160. The van der Waals surface area contributed by atoms with Gasteiger partial charge in [0.25, 0.3) is 0 Å². The van der Waals surface area contributed by atoms with Crippen molar-refractivity contribution in [3.05, 3.63) is 0 Å². The van der Waals surface area contributed by atoms with Crippen LogP contribution in [0.4, 0.5) is 0 Å². The van der Waals surface area contributed by atoms with Crippen LogP contribution in [0.1, 0.15) is 40.0 Å². The first-order valence-electron chi connectivity index (χ1n) is 7.32. The van der Waals surface area contributed by atoms with Crippen LogP contribution >= 0.6 is 0 Å². The van der Waals surface area contributed by atoms with Crippen molar-refractivity contribution in [3.63, 3.8) is 0 Å². The van der Waals surface area contributed by atoms with Crippen molar-refractivity contribution in [2.45, 2.75) is 51.6 Å². The molecular weight excluding hydrogens is 228 g/mol. The van der Waals surface area contributed by atoms with Crippen molar-refractivity contribution >= 4 is 0 Å². The Morgan fingerprint density at radius 3 is 2.50 bits per heavy atom. The Morgan fingerprint density at radius 1 is 1.33 bits per heavy atom. The highest BCUT2D eigenvalue weighted by Gasteiger charge is 2.32. The fraction of sp³-hybridized carbons (Fsp3) is 1.00. The van der Waals surface area contributed by atoms with Gasteiger partial charge in [0.15, 0.2) is 0 Å². The van der Waals surface area contributed by atoms with E-state index in [2.05, 4.69) is 24.1 Å². The lowest BCUT2D eigenvalue weighted by Crippen LogP contribution is -2.58. The Morgan fingerprint density at radius 2 is 2.00 bits per heavy atom. The number of aliphatic hydroxyl groups excluding tert-OH is 2. The number of rotatable bonds is 7. The highest BCUT2D eigenvalue weighted by Crippen LogP contribution is 2.22. The van der Waals surface area contributed by atoms with Crippen molar-refractivity contribution in [1.82, 2.24) is 10.2 Å². The minimum Gasteiger partial charge on any atom is -0.394 e. The lowest BCUT2D eigenvalue weighted by molar-refractivity contribution is 0.0610. The molecule has 108 valence electrons. The molecule has 0 saturated carbocycles. The molecule has 1 aliphatic rings. The summed E-state index contributed by atoms with van der Waals surface area (Å²) in [6.07, 6.45) is 3.23. The molecule has 2 atom stereocenters. The van der Waals surface area contributed by atoms with E-state index in [9.17, 15) is 10.2 Å². The number of piperidine rings is 1.